The number of para-hydroxylation sites is 2. The highest BCUT2D eigenvalue weighted by molar-refractivity contribution is 6.00. The maximum absolute atomic E-state index is 12.3. The molecule has 0 amide bonds. The lowest BCUT2D eigenvalue weighted by Gasteiger charge is -2.23. The predicted octanol–water partition coefficient (Wildman–Crippen LogP) is 3.01. The number of carbonyl (C=O) groups is 3. The zero-order chi connectivity index (χ0) is 21.0. The molecule has 0 saturated heterocycles. The fraction of sp³-hybridized carbons (Fsp3) is 0.150. The number of rotatable bonds is 5. The molecule has 1 aliphatic rings. The van der Waals surface area contributed by atoms with Gasteiger partial charge >= 0.3 is 17.9 Å². The molecule has 2 aromatic rings. The second-order valence-electron chi connectivity index (χ2n) is 5.69. The van der Waals surface area contributed by atoms with Crippen LogP contribution in [-0.2, 0) is 23.8 Å². The molecule has 0 atom stereocenters. The highest BCUT2D eigenvalue weighted by atomic mass is 16.6. The van der Waals surface area contributed by atoms with Gasteiger partial charge in [0.2, 0.25) is 0 Å². The summed E-state index contributed by atoms with van der Waals surface area (Å²) in [4.78, 5) is 35.8. The third kappa shape index (κ3) is 4.13. The molecule has 0 unspecified atom stereocenters. The maximum atomic E-state index is 12.3. The summed E-state index contributed by atoms with van der Waals surface area (Å²) < 4.78 is 25.7. The van der Waals surface area contributed by atoms with Crippen LogP contribution < -0.4 is 14.8 Å². The molecule has 1 N–H and O–H groups in total. The van der Waals surface area contributed by atoms with Crippen LogP contribution in [0.5, 0.6) is 23.0 Å². The van der Waals surface area contributed by atoms with Crippen molar-refractivity contribution in [2.75, 3.05) is 26.6 Å². The highest BCUT2D eigenvalue weighted by Gasteiger charge is 2.27. The first kappa shape index (κ1) is 19.7. The van der Waals surface area contributed by atoms with Crippen LogP contribution in [0.4, 0.5) is 5.69 Å². The summed E-state index contributed by atoms with van der Waals surface area (Å²) in [6.07, 6.45) is 0.926. The van der Waals surface area contributed by atoms with E-state index in [2.05, 4.69) is 14.8 Å². The van der Waals surface area contributed by atoms with Crippen LogP contribution >= 0.6 is 0 Å². The van der Waals surface area contributed by atoms with Gasteiger partial charge in [0, 0.05) is 11.8 Å². The van der Waals surface area contributed by atoms with Gasteiger partial charge in [-0.15, -0.1) is 0 Å². The van der Waals surface area contributed by atoms with Gasteiger partial charge in [0.1, 0.15) is 11.3 Å². The van der Waals surface area contributed by atoms with Gasteiger partial charge in [-0.25, -0.2) is 14.4 Å². The third-order valence-electron chi connectivity index (χ3n) is 3.89. The molecule has 0 aromatic heterocycles. The number of benzene rings is 2. The van der Waals surface area contributed by atoms with E-state index >= 15 is 0 Å². The number of nitrogens with one attached hydrogen (secondary N) is 1. The van der Waals surface area contributed by atoms with Crippen molar-refractivity contribution in [1.29, 1.82) is 0 Å². The minimum Gasteiger partial charge on any atom is -0.466 e. The van der Waals surface area contributed by atoms with Gasteiger partial charge in [0.25, 0.3) is 0 Å². The predicted molar refractivity (Wildman–Crippen MR) is 100 cm³/mol. The molecule has 0 aliphatic carbocycles. The van der Waals surface area contributed by atoms with Gasteiger partial charge < -0.3 is 29.0 Å². The van der Waals surface area contributed by atoms with Gasteiger partial charge in [-0.3, -0.25) is 0 Å². The molecule has 0 fully saturated rings. The Morgan fingerprint density at radius 1 is 0.897 bits per heavy atom. The summed E-state index contributed by atoms with van der Waals surface area (Å²) in [7, 11) is 3.56. The van der Waals surface area contributed by atoms with Crippen molar-refractivity contribution in [3.63, 3.8) is 0 Å². The quantitative estimate of drug-likeness (QED) is 0.393. The first-order chi connectivity index (χ1) is 14.0. The minimum absolute atomic E-state index is 0.0595. The van der Waals surface area contributed by atoms with Crippen LogP contribution in [-0.4, -0.2) is 39.2 Å². The summed E-state index contributed by atoms with van der Waals surface area (Å²) in [5, 5.41) is 2.73. The Balaban J connectivity index is 2.05. The van der Waals surface area contributed by atoms with Crippen LogP contribution in [0, 0.1) is 0 Å². The van der Waals surface area contributed by atoms with Crippen molar-refractivity contribution < 1.29 is 38.1 Å². The summed E-state index contributed by atoms with van der Waals surface area (Å²) in [6.45, 7) is 0. The number of fused-ring (bicyclic) bond motifs is 2. The molecular weight excluding hydrogens is 382 g/mol. The van der Waals surface area contributed by atoms with Crippen LogP contribution in [0.25, 0.3) is 0 Å². The molecular formula is C20H17NO8. The maximum Gasteiger partial charge on any atom is 0.354 e. The lowest BCUT2D eigenvalue weighted by atomic mass is 10.1. The van der Waals surface area contributed by atoms with Crippen molar-refractivity contribution >= 4 is 23.6 Å². The average molecular weight is 399 g/mol. The van der Waals surface area contributed by atoms with Crippen LogP contribution in [0.1, 0.15) is 10.4 Å². The lowest BCUT2D eigenvalue weighted by Crippen LogP contribution is -2.16. The highest BCUT2D eigenvalue weighted by Crippen LogP contribution is 2.48. The molecule has 1 aliphatic heterocycles. The number of anilines is 1. The summed E-state index contributed by atoms with van der Waals surface area (Å²) >= 11 is 0. The van der Waals surface area contributed by atoms with Crippen molar-refractivity contribution in [2.45, 2.75) is 0 Å². The van der Waals surface area contributed by atoms with Gasteiger partial charge in [0.05, 0.1) is 27.4 Å². The Morgan fingerprint density at radius 3 is 2.21 bits per heavy atom. The van der Waals surface area contributed by atoms with E-state index < -0.39 is 17.9 Å². The van der Waals surface area contributed by atoms with E-state index in [-0.39, 0.29) is 28.4 Å². The number of hydrogen-bond acceptors (Lipinski definition) is 9. The number of ether oxygens (including phenoxy) is 5. The van der Waals surface area contributed by atoms with E-state index in [0.717, 1.165) is 13.2 Å². The third-order valence-corrected chi connectivity index (χ3v) is 3.89. The molecule has 0 saturated carbocycles. The van der Waals surface area contributed by atoms with Crippen molar-refractivity contribution in [3.8, 4) is 23.0 Å². The summed E-state index contributed by atoms with van der Waals surface area (Å²) in [5.41, 5.74) is 0.115. The molecule has 2 aromatic carbocycles. The Labute approximate surface area is 165 Å². The van der Waals surface area contributed by atoms with E-state index in [9.17, 15) is 14.4 Å². The average Bonchev–Trinajstić information content (AvgIpc) is 2.75. The molecule has 1 heterocycles. The Kier molecular flexibility index (Phi) is 5.68. The molecule has 0 bridgehead atoms. The zero-order valence-electron chi connectivity index (χ0n) is 15.8. The van der Waals surface area contributed by atoms with Crippen molar-refractivity contribution in [3.05, 3.63) is 53.7 Å². The fourth-order valence-electron chi connectivity index (χ4n) is 2.55. The fourth-order valence-corrected chi connectivity index (χ4v) is 2.55. The summed E-state index contributed by atoms with van der Waals surface area (Å²) in [6, 6.07) is 9.83. The van der Waals surface area contributed by atoms with Gasteiger partial charge in [-0.1, -0.05) is 12.1 Å². The SMILES string of the molecule is COC(=O)/C=C(/Nc1cc2c(c(C(=O)OC)c1)Oc1ccccc1O2)C(=O)OC. The smallest absolute Gasteiger partial charge is 0.354 e. The second kappa shape index (κ2) is 8.34. The molecule has 0 spiro atoms. The van der Waals surface area contributed by atoms with E-state index in [0.29, 0.717) is 11.5 Å². The Morgan fingerprint density at radius 2 is 1.59 bits per heavy atom. The summed E-state index contributed by atoms with van der Waals surface area (Å²) in [5.74, 6) is -0.982. The zero-order valence-corrected chi connectivity index (χ0v) is 15.8. The van der Waals surface area contributed by atoms with E-state index in [4.69, 9.17) is 14.2 Å². The molecule has 29 heavy (non-hydrogen) atoms. The Bertz CT molecular complexity index is 1010. The van der Waals surface area contributed by atoms with Gasteiger partial charge in [-0.05, 0) is 18.2 Å². The topological polar surface area (TPSA) is 109 Å². The van der Waals surface area contributed by atoms with Gasteiger partial charge in [-0.2, -0.15) is 0 Å². The number of methoxy groups -OCH3 is 3. The van der Waals surface area contributed by atoms with Crippen molar-refractivity contribution in [1.82, 2.24) is 0 Å². The number of hydrogen-bond donors (Lipinski definition) is 1. The van der Waals surface area contributed by atoms with Crippen LogP contribution in [0.2, 0.25) is 0 Å². The van der Waals surface area contributed by atoms with E-state index in [1.165, 1.54) is 26.4 Å². The number of carbonyl (C=O) groups excluding carboxylic acids is 3. The van der Waals surface area contributed by atoms with Gasteiger partial charge in [0.15, 0.2) is 23.0 Å². The lowest BCUT2D eigenvalue weighted by molar-refractivity contribution is -0.138. The standard InChI is InChI=1S/C20H17NO8/c1-25-17(22)10-13(20(24)27-3)21-11-8-12(19(23)26-2)18-16(9-11)28-14-6-4-5-7-15(14)29-18/h4-10,21H,1-3H3/b13-10+. The second-order valence-corrected chi connectivity index (χ2v) is 5.69. The Hall–Kier alpha value is -4.01. The van der Waals surface area contributed by atoms with Crippen molar-refractivity contribution in [2.24, 2.45) is 0 Å². The van der Waals surface area contributed by atoms with Crippen LogP contribution in [0.3, 0.4) is 0 Å². The first-order valence-electron chi connectivity index (χ1n) is 8.33. The van der Waals surface area contributed by atoms with Crippen LogP contribution in [0.15, 0.2) is 48.2 Å². The molecule has 3 rings (SSSR count). The van der Waals surface area contributed by atoms with E-state index in [1.54, 1.807) is 24.3 Å². The number of esters is 3. The first-order valence-corrected chi connectivity index (χ1v) is 8.33. The molecule has 0 radical (unpaired) electrons. The molecule has 9 nitrogen and oxygen atoms in total. The minimum atomic E-state index is -0.810. The molecule has 150 valence electrons. The normalized spacial score (nSPS) is 11.8. The monoisotopic (exact) mass is 399 g/mol. The molecule has 9 heteroatoms. The van der Waals surface area contributed by atoms with E-state index in [1.807, 2.05) is 0 Å². The largest absolute Gasteiger partial charge is 0.466 e.